The number of carbonyl (C=O) groups excluding carboxylic acids is 2. The van der Waals surface area contributed by atoms with Gasteiger partial charge in [-0.3, -0.25) is 9.59 Å². The lowest BCUT2D eigenvalue weighted by Gasteiger charge is -2.17. The first kappa shape index (κ1) is 16.2. The Kier molecular flexibility index (Phi) is 5.70. The second kappa shape index (κ2) is 7.05. The van der Waals surface area contributed by atoms with Gasteiger partial charge in [0.2, 0.25) is 5.91 Å². The molecule has 1 rings (SSSR count). The molecule has 5 nitrogen and oxygen atoms in total. The third kappa shape index (κ3) is 4.35. The van der Waals surface area contributed by atoms with Gasteiger partial charge in [-0.25, -0.2) is 0 Å². The summed E-state index contributed by atoms with van der Waals surface area (Å²) in [5.74, 6) is -0.0783. The fourth-order valence-corrected chi connectivity index (χ4v) is 1.86. The Balaban J connectivity index is 2.87. The van der Waals surface area contributed by atoms with Crippen molar-refractivity contribution in [1.82, 2.24) is 4.90 Å². The molecule has 20 heavy (non-hydrogen) atoms. The van der Waals surface area contributed by atoms with Gasteiger partial charge < -0.3 is 16.0 Å². The summed E-state index contributed by atoms with van der Waals surface area (Å²) in [4.78, 5) is 25.5. The number of benzene rings is 1. The normalized spacial score (nSPS) is 12.1. The van der Waals surface area contributed by atoms with Crippen LogP contribution in [0.25, 0.3) is 0 Å². The summed E-state index contributed by atoms with van der Waals surface area (Å²) in [6.45, 7) is 4.02. The van der Waals surface area contributed by atoms with Gasteiger partial charge in [0.25, 0.3) is 5.91 Å². The van der Waals surface area contributed by atoms with E-state index in [2.05, 4.69) is 5.32 Å². The first-order chi connectivity index (χ1) is 9.32. The standard InChI is InChI=1S/C15H23N3O2/c1-10(2)9-12(16)14(19)17-13-8-6-5-7-11(13)15(20)18(3)4/h5-8,10,12H,9,16H2,1-4H3,(H,17,19)/t12-/m1/s1. The summed E-state index contributed by atoms with van der Waals surface area (Å²) in [6, 6.07) is 6.36. The van der Waals surface area contributed by atoms with Crippen LogP contribution in [0.2, 0.25) is 0 Å². The number of hydrogen-bond donors (Lipinski definition) is 2. The van der Waals surface area contributed by atoms with E-state index in [1.165, 1.54) is 4.90 Å². The van der Waals surface area contributed by atoms with Crippen LogP contribution in [0.1, 0.15) is 30.6 Å². The summed E-state index contributed by atoms with van der Waals surface area (Å²) in [5, 5.41) is 2.74. The van der Waals surface area contributed by atoms with Gasteiger partial charge in [0.15, 0.2) is 0 Å². The first-order valence-corrected chi connectivity index (χ1v) is 6.70. The van der Waals surface area contributed by atoms with Gasteiger partial charge >= 0.3 is 0 Å². The predicted molar refractivity (Wildman–Crippen MR) is 80.5 cm³/mol. The lowest BCUT2D eigenvalue weighted by atomic mass is 10.0. The van der Waals surface area contributed by atoms with Crippen LogP contribution in [0.3, 0.4) is 0 Å². The Hall–Kier alpha value is -1.88. The summed E-state index contributed by atoms with van der Waals surface area (Å²) in [5.41, 5.74) is 6.80. The Bertz CT molecular complexity index is 484. The molecular formula is C15H23N3O2. The fourth-order valence-electron chi connectivity index (χ4n) is 1.86. The van der Waals surface area contributed by atoms with Crippen LogP contribution < -0.4 is 11.1 Å². The molecule has 0 fully saturated rings. The Morgan fingerprint density at radius 2 is 1.85 bits per heavy atom. The van der Waals surface area contributed by atoms with Gasteiger partial charge in [0.05, 0.1) is 17.3 Å². The number of nitrogens with one attached hydrogen (secondary N) is 1. The van der Waals surface area contributed by atoms with E-state index in [0.29, 0.717) is 23.6 Å². The van der Waals surface area contributed by atoms with Crippen LogP contribution in [0.15, 0.2) is 24.3 Å². The van der Waals surface area contributed by atoms with Gasteiger partial charge in [-0.05, 0) is 24.5 Å². The molecule has 0 heterocycles. The van der Waals surface area contributed by atoms with Crippen LogP contribution in [-0.4, -0.2) is 36.9 Å². The highest BCUT2D eigenvalue weighted by atomic mass is 16.2. The highest BCUT2D eigenvalue weighted by molar-refractivity contribution is 6.04. The van der Waals surface area contributed by atoms with E-state index in [1.54, 1.807) is 38.4 Å². The van der Waals surface area contributed by atoms with Crippen molar-refractivity contribution >= 4 is 17.5 Å². The molecule has 0 aliphatic carbocycles. The van der Waals surface area contributed by atoms with Gasteiger partial charge in [0.1, 0.15) is 0 Å². The molecule has 0 spiro atoms. The number of para-hydroxylation sites is 1. The van der Waals surface area contributed by atoms with E-state index in [9.17, 15) is 9.59 Å². The summed E-state index contributed by atoms with van der Waals surface area (Å²) < 4.78 is 0. The van der Waals surface area contributed by atoms with Crippen molar-refractivity contribution in [2.45, 2.75) is 26.3 Å². The minimum absolute atomic E-state index is 0.154. The molecule has 1 aromatic carbocycles. The number of rotatable bonds is 5. The second-order valence-electron chi connectivity index (χ2n) is 5.47. The lowest BCUT2D eigenvalue weighted by Crippen LogP contribution is -2.37. The molecule has 2 amide bonds. The quantitative estimate of drug-likeness (QED) is 0.860. The van der Waals surface area contributed by atoms with Crippen molar-refractivity contribution < 1.29 is 9.59 Å². The molecule has 110 valence electrons. The first-order valence-electron chi connectivity index (χ1n) is 6.70. The van der Waals surface area contributed by atoms with E-state index in [4.69, 9.17) is 5.73 Å². The van der Waals surface area contributed by atoms with E-state index < -0.39 is 6.04 Å². The maximum atomic E-state index is 12.0. The lowest BCUT2D eigenvalue weighted by molar-refractivity contribution is -0.117. The van der Waals surface area contributed by atoms with Crippen molar-refractivity contribution in [3.63, 3.8) is 0 Å². The summed E-state index contributed by atoms with van der Waals surface area (Å²) in [7, 11) is 3.34. The number of carbonyl (C=O) groups is 2. The molecule has 3 N–H and O–H groups in total. The molecule has 1 atom stereocenters. The third-order valence-corrected chi connectivity index (χ3v) is 2.88. The highest BCUT2D eigenvalue weighted by Crippen LogP contribution is 2.17. The Labute approximate surface area is 120 Å². The van der Waals surface area contributed by atoms with Gasteiger partial charge in [0, 0.05) is 14.1 Å². The van der Waals surface area contributed by atoms with Crippen LogP contribution in [0, 0.1) is 5.92 Å². The number of amides is 2. The number of nitrogens with two attached hydrogens (primary N) is 1. The van der Waals surface area contributed by atoms with E-state index in [1.807, 2.05) is 13.8 Å². The average Bonchev–Trinajstić information content (AvgIpc) is 2.37. The summed E-state index contributed by atoms with van der Waals surface area (Å²) >= 11 is 0. The molecule has 0 saturated heterocycles. The summed E-state index contributed by atoms with van der Waals surface area (Å²) in [6.07, 6.45) is 0.607. The molecular weight excluding hydrogens is 254 g/mol. The number of hydrogen-bond acceptors (Lipinski definition) is 3. The van der Waals surface area contributed by atoms with E-state index in [-0.39, 0.29) is 11.8 Å². The highest BCUT2D eigenvalue weighted by Gasteiger charge is 2.18. The maximum absolute atomic E-state index is 12.0. The molecule has 0 radical (unpaired) electrons. The van der Waals surface area contributed by atoms with Gasteiger partial charge in [-0.1, -0.05) is 26.0 Å². The van der Waals surface area contributed by atoms with Crippen molar-refractivity contribution in [2.24, 2.45) is 11.7 Å². The zero-order valence-corrected chi connectivity index (χ0v) is 12.5. The van der Waals surface area contributed by atoms with Crippen LogP contribution in [0.5, 0.6) is 0 Å². The molecule has 0 unspecified atom stereocenters. The average molecular weight is 277 g/mol. The minimum atomic E-state index is -0.572. The SMILES string of the molecule is CC(C)C[C@@H](N)C(=O)Nc1ccccc1C(=O)N(C)C. The fraction of sp³-hybridized carbons (Fsp3) is 0.467. The number of nitrogens with zero attached hydrogens (tertiary/aromatic N) is 1. The Morgan fingerprint density at radius 3 is 2.40 bits per heavy atom. The van der Waals surface area contributed by atoms with Crippen LogP contribution in [0.4, 0.5) is 5.69 Å². The third-order valence-electron chi connectivity index (χ3n) is 2.88. The molecule has 1 aromatic rings. The molecule has 0 aliphatic heterocycles. The predicted octanol–water partition coefficient (Wildman–Crippen LogP) is 1.70. The monoisotopic (exact) mass is 277 g/mol. The molecule has 0 bridgehead atoms. The topological polar surface area (TPSA) is 75.4 Å². The smallest absolute Gasteiger partial charge is 0.255 e. The Morgan fingerprint density at radius 1 is 1.25 bits per heavy atom. The van der Waals surface area contributed by atoms with Crippen molar-refractivity contribution in [2.75, 3.05) is 19.4 Å². The van der Waals surface area contributed by atoms with Crippen LogP contribution >= 0.6 is 0 Å². The maximum Gasteiger partial charge on any atom is 0.255 e. The van der Waals surface area contributed by atoms with E-state index in [0.717, 1.165) is 0 Å². The van der Waals surface area contributed by atoms with Crippen molar-refractivity contribution in [1.29, 1.82) is 0 Å². The van der Waals surface area contributed by atoms with Gasteiger partial charge in [-0.15, -0.1) is 0 Å². The molecule has 0 aliphatic rings. The number of anilines is 1. The molecule has 0 saturated carbocycles. The van der Waals surface area contributed by atoms with Crippen LogP contribution in [-0.2, 0) is 4.79 Å². The van der Waals surface area contributed by atoms with Gasteiger partial charge in [-0.2, -0.15) is 0 Å². The van der Waals surface area contributed by atoms with Crippen molar-refractivity contribution in [3.8, 4) is 0 Å². The second-order valence-corrected chi connectivity index (χ2v) is 5.47. The largest absolute Gasteiger partial charge is 0.345 e. The minimum Gasteiger partial charge on any atom is -0.345 e. The zero-order valence-electron chi connectivity index (χ0n) is 12.5. The zero-order chi connectivity index (χ0) is 15.3. The van der Waals surface area contributed by atoms with E-state index >= 15 is 0 Å². The molecule has 0 aromatic heterocycles. The molecule has 5 heteroatoms. The van der Waals surface area contributed by atoms with Crippen molar-refractivity contribution in [3.05, 3.63) is 29.8 Å².